The molecule has 0 aromatic heterocycles. The molecule has 3 rings (SSSR count). The number of rotatable bonds is 9. The number of benzene rings is 1. The van der Waals surface area contributed by atoms with E-state index in [0.29, 0.717) is 50.8 Å². The number of ether oxygens (including phenoxy) is 3. The minimum Gasteiger partial charge on any atom is -0.491 e. The van der Waals surface area contributed by atoms with Crippen LogP contribution >= 0.6 is 0 Å². The standard InChI is InChI=1S/C24H37N3O6/c1-18(2)27(20-6-4-9-26(17-20)24(29)30)23(28)19-7-8-21(25-10-14-32-15-11-25)22(16-19)33-13-5-12-31-3/h7-8,16,18,20H,4-6,9-15,17H2,1-3H3,(H,29,30)/t20-/m1/s1. The highest BCUT2D eigenvalue weighted by atomic mass is 16.5. The smallest absolute Gasteiger partial charge is 0.407 e. The quantitative estimate of drug-likeness (QED) is 0.563. The van der Waals surface area contributed by atoms with E-state index in [2.05, 4.69) is 4.90 Å². The summed E-state index contributed by atoms with van der Waals surface area (Å²) in [4.78, 5) is 30.6. The number of anilines is 1. The molecule has 0 saturated carbocycles. The molecule has 9 nitrogen and oxygen atoms in total. The maximum absolute atomic E-state index is 13.6. The molecule has 2 fully saturated rings. The van der Waals surface area contributed by atoms with Gasteiger partial charge in [0.25, 0.3) is 5.91 Å². The van der Waals surface area contributed by atoms with Gasteiger partial charge >= 0.3 is 6.09 Å². The van der Waals surface area contributed by atoms with E-state index in [4.69, 9.17) is 14.2 Å². The molecule has 1 aromatic rings. The zero-order valence-corrected chi connectivity index (χ0v) is 20.0. The molecule has 2 saturated heterocycles. The molecule has 33 heavy (non-hydrogen) atoms. The molecule has 2 aliphatic rings. The number of nitrogens with zero attached hydrogens (tertiary/aromatic N) is 3. The molecule has 1 aromatic carbocycles. The summed E-state index contributed by atoms with van der Waals surface area (Å²) in [5.41, 5.74) is 1.51. The van der Waals surface area contributed by atoms with Crippen LogP contribution in [0.3, 0.4) is 0 Å². The largest absolute Gasteiger partial charge is 0.491 e. The van der Waals surface area contributed by atoms with E-state index < -0.39 is 6.09 Å². The van der Waals surface area contributed by atoms with Gasteiger partial charge in [0.05, 0.1) is 31.5 Å². The van der Waals surface area contributed by atoms with Gasteiger partial charge < -0.3 is 34.0 Å². The molecule has 0 bridgehead atoms. The van der Waals surface area contributed by atoms with Crippen molar-refractivity contribution in [3.8, 4) is 5.75 Å². The van der Waals surface area contributed by atoms with Crippen molar-refractivity contribution in [1.29, 1.82) is 0 Å². The minimum atomic E-state index is -0.933. The number of carboxylic acid groups (broad SMARTS) is 1. The summed E-state index contributed by atoms with van der Waals surface area (Å²) < 4.78 is 16.7. The van der Waals surface area contributed by atoms with E-state index in [9.17, 15) is 14.7 Å². The van der Waals surface area contributed by atoms with Gasteiger partial charge in [0.2, 0.25) is 0 Å². The van der Waals surface area contributed by atoms with Gasteiger partial charge in [-0.05, 0) is 44.9 Å². The Morgan fingerprint density at radius 2 is 1.97 bits per heavy atom. The van der Waals surface area contributed by atoms with Crippen LogP contribution in [0.25, 0.3) is 0 Å². The number of likely N-dealkylation sites (tertiary alicyclic amines) is 1. The van der Waals surface area contributed by atoms with Gasteiger partial charge in [0, 0.05) is 57.9 Å². The maximum atomic E-state index is 13.6. The van der Waals surface area contributed by atoms with E-state index in [-0.39, 0.29) is 18.0 Å². The third kappa shape index (κ3) is 6.51. The number of hydrogen-bond acceptors (Lipinski definition) is 6. The minimum absolute atomic E-state index is 0.0544. The Balaban J connectivity index is 1.84. The first-order chi connectivity index (χ1) is 15.9. The Bertz CT molecular complexity index is 796. The number of morpholine rings is 1. The van der Waals surface area contributed by atoms with Crippen molar-refractivity contribution in [2.75, 3.05) is 64.6 Å². The Hall–Kier alpha value is -2.52. The molecular formula is C24H37N3O6. The van der Waals surface area contributed by atoms with Gasteiger partial charge in [-0.1, -0.05) is 0 Å². The van der Waals surface area contributed by atoms with Gasteiger partial charge in [-0.3, -0.25) is 4.79 Å². The van der Waals surface area contributed by atoms with Crippen molar-refractivity contribution in [3.05, 3.63) is 23.8 Å². The first-order valence-electron chi connectivity index (χ1n) is 11.8. The van der Waals surface area contributed by atoms with Crippen molar-refractivity contribution >= 4 is 17.7 Å². The highest BCUT2D eigenvalue weighted by Gasteiger charge is 2.33. The molecule has 0 radical (unpaired) electrons. The van der Waals surface area contributed by atoms with Crippen molar-refractivity contribution in [1.82, 2.24) is 9.80 Å². The van der Waals surface area contributed by atoms with Crippen LogP contribution in [0.1, 0.15) is 43.5 Å². The number of amides is 2. The highest BCUT2D eigenvalue weighted by molar-refractivity contribution is 5.96. The van der Waals surface area contributed by atoms with Gasteiger partial charge in [0.1, 0.15) is 5.75 Å². The Morgan fingerprint density at radius 3 is 2.64 bits per heavy atom. The molecule has 0 unspecified atom stereocenters. The SMILES string of the molecule is COCCCOc1cc(C(=O)N(C(C)C)[C@@H]2CCCN(C(=O)O)C2)ccc1N1CCOCC1. The van der Waals surface area contributed by atoms with Crippen LogP contribution in [0.15, 0.2) is 18.2 Å². The average Bonchev–Trinajstić information content (AvgIpc) is 2.82. The second-order valence-corrected chi connectivity index (χ2v) is 8.81. The molecule has 2 heterocycles. The van der Waals surface area contributed by atoms with Crippen molar-refractivity contribution in [2.45, 2.75) is 45.2 Å². The van der Waals surface area contributed by atoms with Crippen molar-refractivity contribution in [2.24, 2.45) is 0 Å². The predicted molar refractivity (Wildman–Crippen MR) is 125 cm³/mol. The molecule has 184 valence electrons. The Labute approximate surface area is 196 Å². The lowest BCUT2D eigenvalue weighted by molar-refractivity contribution is 0.0449. The van der Waals surface area contributed by atoms with Crippen LogP contribution in [-0.2, 0) is 9.47 Å². The second-order valence-electron chi connectivity index (χ2n) is 8.81. The lowest BCUT2D eigenvalue weighted by atomic mass is 10.0. The van der Waals surface area contributed by atoms with E-state index in [1.807, 2.05) is 36.9 Å². The third-order valence-corrected chi connectivity index (χ3v) is 6.16. The van der Waals surface area contributed by atoms with Gasteiger partial charge in [-0.25, -0.2) is 4.79 Å². The zero-order chi connectivity index (χ0) is 23.8. The molecule has 9 heteroatoms. The fourth-order valence-electron chi connectivity index (χ4n) is 4.54. The molecule has 0 aliphatic carbocycles. The number of hydrogen-bond donors (Lipinski definition) is 1. The summed E-state index contributed by atoms with van der Waals surface area (Å²) in [6.07, 6.45) is 1.36. The third-order valence-electron chi connectivity index (χ3n) is 6.16. The Kier molecular flexibility index (Phi) is 9.20. The first kappa shape index (κ1) is 25.1. The van der Waals surface area contributed by atoms with Crippen LogP contribution in [0.4, 0.5) is 10.5 Å². The normalized spacial score (nSPS) is 19.0. The average molecular weight is 464 g/mol. The van der Waals surface area contributed by atoms with Crippen LogP contribution in [0, 0.1) is 0 Å². The summed E-state index contributed by atoms with van der Waals surface area (Å²) in [6, 6.07) is 5.43. The number of methoxy groups -OCH3 is 1. The molecule has 1 N–H and O–H groups in total. The number of carbonyl (C=O) groups excluding carboxylic acids is 1. The fraction of sp³-hybridized carbons (Fsp3) is 0.667. The topological polar surface area (TPSA) is 91.8 Å². The van der Waals surface area contributed by atoms with Gasteiger partial charge in [-0.15, -0.1) is 0 Å². The Morgan fingerprint density at radius 1 is 1.21 bits per heavy atom. The summed E-state index contributed by atoms with van der Waals surface area (Å²) >= 11 is 0. The molecule has 1 atom stereocenters. The van der Waals surface area contributed by atoms with Crippen LogP contribution in [-0.4, -0.2) is 98.7 Å². The van der Waals surface area contributed by atoms with Crippen LogP contribution in [0.5, 0.6) is 5.75 Å². The van der Waals surface area contributed by atoms with Gasteiger partial charge in [-0.2, -0.15) is 0 Å². The van der Waals surface area contributed by atoms with Gasteiger partial charge in [0.15, 0.2) is 0 Å². The van der Waals surface area contributed by atoms with E-state index in [1.165, 1.54) is 4.90 Å². The number of carbonyl (C=O) groups is 2. The molecule has 0 spiro atoms. The lowest BCUT2D eigenvalue weighted by Gasteiger charge is -2.40. The zero-order valence-electron chi connectivity index (χ0n) is 20.0. The summed E-state index contributed by atoms with van der Waals surface area (Å²) in [5.74, 6) is 0.580. The van der Waals surface area contributed by atoms with Crippen LogP contribution < -0.4 is 9.64 Å². The van der Waals surface area contributed by atoms with E-state index in [0.717, 1.165) is 38.0 Å². The fourth-order valence-corrected chi connectivity index (χ4v) is 4.54. The van der Waals surface area contributed by atoms with E-state index >= 15 is 0 Å². The van der Waals surface area contributed by atoms with E-state index in [1.54, 1.807) is 7.11 Å². The predicted octanol–water partition coefficient (Wildman–Crippen LogP) is 2.93. The summed E-state index contributed by atoms with van der Waals surface area (Å²) in [5, 5.41) is 9.43. The molecule has 2 aliphatic heterocycles. The maximum Gasteiger partial charge on any atom is 0.407 e. The lowest BCUT2D eigenvalue weighted by Crippen LogP contribution is -2.53. The van der Waals surface area contributed by atoms with Crippen molar-refractivity contribution in [3.63, 3.8) is 0 Å². The monoisotopic (exact) mass is 463 g/mol. The molecular weight excluding hydrogens is 426 g/mol. The van der Waals surface area contributed by atoms with Crippen molar-refractivity contribution < 1.29 is 28.9 Å². The summed E-state index contributed by atoms with van der Waals surface area (Å²) in [6.45, 7) is 8.76. The highest BCUT2D eigenvalue weighted by Crippen LogP contribution is 2.32. The second kappa shape index (κ2) is 12.1. The van der Waals surface area contributed by atoms with Crippen LogP contribution in [0.2, 0.25) is 0 Å². The number of piperidine rings is 1. The summed E-state index contributed by atoms with van der Waals surface area (Å²) in [7, 11) is 1.66. The first-order valence-corrected chi connectivity index (χ1v) is 11.8. The molecule has 2 amide bonds.